The minimum atomic E-state index is 0.00216. The number of hydrogen-bond donors (Lipinski definition) is 0. The van der Waals surface area contributed by atoms with Crippen LogP contribution in [0.25, 0.3) is 22.7 Å². The average molecular weight is 388 g/mol. The fraction of sp³-hybridized carbons (Fsp3) is 0.0833. The number of aromatic nitrogens is 1. The van der Waals surface area contributed by atoms with E-state index < -0.39 is 0 Å². The lowest BCUT2D eigenvalue weighted by Gasteiger charge is -2.05. The van der Waals surface area contributed by atoms with Gasteiger partial charge in [0.1, 0.15) is 11.5 Å². The smallest absolute Gasteiger partial charge is 0.226 e. The number of oxazole rings is 1. The Morgan fingerprint density at radius 1 is 0.893 bits per heavy atom. The normalized spacial score (nSPS) is 10.8. The van der Waals surface area contributed by atoms with Gasteiger partial charge >= 0.3 is 0 Å². The van der Waals surface area contributed by atoms with Crippen LogP contribution in [0.4, 0.5) is 0 Å². The summed E-state index contributed by atoms with van der Waals surface area (Å²) in [4.78, 5) is 17.1. The lowest BCUT2D eigenvalue weighted by molar-refractivity contribution is 0.0993. The van der Waals surface area contributed by atoms with Crippen molar-refractivity contribution in [2.24, 2.45) is 0 Å². The average Bonchev–Trinajstić information content (AvgIpc) is 3.11. The number of Topliss-reactive ketones (excluding diaryl/α,β-unsaturated/α-hetero) is 1. The summed E-state index contributed by atoms with van der Waals surface area (Å²) in [6.07, 6.45) is 0.303. The van der Waals surface area contributed by atoms with Crippen LogP contribution in [0.5, 0.6) is 0 Å². The van der Waals surface area contributed by atoms with E-state index in [9.17, 15) is 4.79 Å². The Morgan fingerprint density at radius 3 is 2.29 bits per heavy atom. The van der Waals surface area contributed by atoms with Gasteiger partial charge in [-0.25, -0.2) is 4.98 Å². The van der Waals surface area contributed by atoms with E-state index in [1.54, 1.807) is 12.1 Å². The van der Waals surface area contributed by atoms with Crippen LogP contribution in [0.1, 0.15) is 21.7 Å². The quantitative estimate of drug-likeness (QED) is 0.372. The van der Waals surface area contributed by atoms with Crippen LogP contribution < -0.4 is 0 Å². The summed E-state index contributed by atoms with van der Waals surface area (Å²) in [6.45, 7) is 1.91. The molecule has 0 aliphatic rings. The van der Waals surface area contributed by atoms with Gasteiger partial charge in [-0.15, -0.1) is 0 Å². The number of carbonyl (C=O) groups excluding carboxylic acids is 1. The molecule has 0 aliphatic carbocycles. The fourth-order valence-corrected chi connectivity index (χ4v) is 3.36. The molecule has 0 saturated heterocycles. The van der Waals surface area contributed by atoms with E-state index in [4.69, 9.17) is 16.0 Å². The summed E-state index contributed by atoms with van der Waals surface area (Å²) in [5, 5.41) is 0.482. The highest BCUT2D eigenvalue weighted by molar-refractivity contribution is 6.34. The maximum Gasteiger partial charge on any atom is 0.226 e. The minimum Gasteiger partial charge on any atom is -0.441 e. The highest BCUT2D eigenvalue weighted by Gasteiger charge is 2.14. The second kappa shape index (κ2) is 7.83. The lowest BCUT2D eigenvalue weighted by atomic mass is 10.0. The number of nitrogens with zero attached hydrogens (tertiary/aromatic N) is 1. The summed E-state index contributed by atoms with van der Waals surface area (Å²) in [5.41, 5.74) is 4.19. The molecule has 0 radical (unpaired) electrons. The number of rotatable bonds is 5. The molecule has 1 heterocycles. The Morgan fingerprint density at radius 2 is 1.57 bits per heavy atom. The number of ketones is 1. The SMILES string of the molecule is Cc1oc(-c2ccccc2)nc1-c1ccc(CC(=O)c2ccccc2Cl)cc1. The molecule has 1 aromatic heterocycles. The molecule has 4 aromatic rings. The Hall–Kier alpha value is -3.17. The highest BCUT2D eigenvalue weighted by Crippen LogP contribution is 2.29. The van der Waals surface area contributed by atoms with Crippen LogP contribution in [0, 0.1) is 6.92 Å². The number of carbonyl (C=O) groups is 1. The first-order valence-electron chi connectivity index (χ1n) is 9.02. The molecule has 0 spiro atoms. The number of aryl methyl sites for hydroxylation is 1. The van der Waals surface area contributed by atoms with Gasteiger partial charge in [-0.05, 0) is 36.8 Å². The van der Waals surface area contributed by atoms with E-state index in [2.05, 4.69) is 4.98 Å². The van der Waals surface area contributed by atoms with E-state index in [0.717, 1.165) is 28.1 Å². The van der Waals surface area contributed by atoms with Crippen LogP contribution in [-0.2, 0) is 6.42 Å². The van der Waals surface area contributed by atoms with Crippen molar-refractivity contribution < 1.29 is 9.21 Å². The van der Waals surface area contributed by atoms with Crippen molar-refractivity contribution >= 4 is 17.4 Å². The largest absolute Gasteiger partial charge is 0.441 e. The van der Waals surface area contributed by atoms with Crippen molar-refractivity contribution in [3.63, 3.8) is 0 Å². The van der Waals surface area contributed by atoms with E-state index in [1.165, 1.54) is 0 Å². The molecule has 0 saturated carbocycles. The first-order chi connectivity index (χ1) is 13.6. The number of halogens is 1. The van der Waals surface area contributed by atoms with Crippen molar-refractivity contribution in [2.45, 2.75) is 13.3 Å². The van der Waals surface area contributed by atoms with E-state index in [1.807, 2.05) is 73.7 Å². The zero-order valence-electron chi connectivity index (χ0n) is 15.4. The first kappa shape index (κ1) is 18.2. The molecule has 4 heteroatoms. The predicted octanol–water partition coefficient (Wildman–Crippen LogP) is 6.40. The van der Waals surface area contributed by atoms with Crippen LogP contribution in [0.3, 0.4) is 0 Å². The van der Waals surface area contributed by atoms with Gasteiger partial charge in [0.2, 0.25) is 5.89 Å². The van der Waals surface area contributed by atoms with Gasteiger partial charge in [-0.3, -0.25) is 4.79 Å². The summed E-state index contributed by atoms with van der Waals surface area (Å²) >= 11 is 6.12. The Bertz CT molecular complexity index is 1120. The van der Waals surface area contributed by atoms with Gasteiger partial charge in [0.05, 0.1) is 5.02 Å². The first-order valence-corrected chi connectivity index (χ1v) is 9.39. The van der Waals surface area contributed by atoms with Gasteiger partial charge in [0.15, 0.2) is 5.78 Å². The lowest BCUT2D eigenvalue weighted by Crippen LogP contribution is -2.04. The molecule has 4 rings (SSSR count). The summed E-state index contributed by atoms with van der Waals surface area (Å²) in [7, 11) is 0. The second-order valence-electron chi connectivity index (χ2n) is 6.57. The third-order valence-corrected chi connectivity index (χ3v) is 4.91. The van der Waals surface area contributed by atoms with Gasteiger partial charge in [0, 0.05) is 23.1 Å². The molecule has 0 N–H and O–H groups in total. The van der Waals surface area contributed by atoms with Gasteiger partial charge in [-0.1, -0.05) is 66.2 Å². The topological polar surface area (TPSA) is 43.1 Å². The van der Waals surface area contributed by atoms with Crippen molar-refractivity contribution in [1.29, 1.82) is 0 Å². The van der Waals surface area contributed by atoms with Crippen LogP contribution in [0.2, 0.25) is 5.02 Å². The molecule has 0 fully saturated rings. The molecule has 28 heavy (non-hydrogen) atoms. The molecule has 3 nitrogen and oxygen atoms in total. The molecule has 0 atom stereocenters. The summed E-state index contributed by atoms with van der Waals surface area (Å²) in [5.74, 6) is 1.37. The van der Waals surface area contributed by atoms with Crippen molar-refractivity contribution in [2.75, 3.05) is 0 Å². The molecule has 3 aromatic carbocycles. The van der Waals surface area contributed by atoms with Crippen molar-refractivity contribution in [1.82, 2.24) is 4.98 Å². The third kappa shape index (κ3) is 3.75. The van der Waals surface area contributed by atoms with Crippen LogP contribution in [0.15, 0.2) is 83.3 Å². The number of hydrogen-bond acceptors (Lipinski definition) is 3. The predicted molar refractivity (Wildman–Crippen MR) is 112 cm³/mol. The molecule has 0 unspecified atom stereocenters. The van der Waals surface area contributed by atoms with E-state index in [-0.39, 0.29) is 5.78 Å². The second-order valence-corrected chi connectivity index (χ2v) is 6.97. The minimum absolute atomic E-state index is 0.00216. The molecular formula is C24H18ClNO2. The molecular weight excluding hydrogens is 370 g/mol. The fourth-order valence-electron chi connectivity index (χ4n) is 3.12. The molecule has 0 bridgehead atoms. The summed E-state index contributed by atoms with van der Waals surface area (Å²) in [6, 6.07) is 24.8. The summed E-state index contributed by atoms with van der Waals surface area (Å²) < 4.78 is 5.84. The Kier molecular flexibility index (Phi) is 5.09. The van der Waals surface area contributed by atoms with E-state index in [0.29, 0.717) is 22.9 Å². The maximum absolute atomic E-state index is 12.5. The van der Waals surface area contributed by atoms with Crippen LogP contribution >= 0.6 is 11.6 Å². The highest BCUT2D eigenvalue weighted by atomic mass is 35.5. The standard InChI is InChI=1S/C24H18ClNO2/c1-16-23(26-24(28-16)19-7-3-2-4-8-19)18-13-11-17(12-14-18)15-22(27)20-9-5-6-10-21(20)25/h2-14H,15H2,1H3. The van der Waals surface area contributed by atoms with Crippen LogP contribution in [-0.4, -0.2) is 10.8 Å². The Balaban J connectivity index is 1.55. The number of benzene rings is 3. The third-order valence-electron chi connectivity index (χ3n) is 4.58. The molecule has 138 valence electrons. The van der Waals surface area contributed by atoms with Gasteiger partial charge in [-0.2, -0.15) is 0 Å². The van der Waals surface area contributed by atoms with Gasteiger partial charge in [0.25, 0.3) is 0 Å². The van der Waals surface area contributed by atoms with Gasteiger partial charge < -0.3 is 4.42 Å². The zero-order chi connectivity index (χ0) is 19.5. The molecule has 0 aliphatic heterocycles. The maximum atomic E-state index is 12.5. The monoisotopic (exact) mass is 387 g/mol. The van der Waals surface area contributed by atoms with Crippen molar-refractivity contribution in [3.05, 3.63) is 101 Å². The zero-order valence-corrected chi connectivity index (χ0v) is 16.1. The van der Waals surface area contributed by atoms with Crippen molar-refractivity contribution in [3.8, 4) is 22.7 Å². The molecule has 0 amide bonds. The Labute approximate surface area is 168 Å². The van der Waals surface area contributed by atoms with E-state index >= 15 is 0 Å².